The molecule has 3 nitrogen and oxygen atoms in total. The fourth-order valence-electron chi connectivity index (χ4n) is 1.69. The molecule has 0 amide bonds. The van der Waals surface area contributed by atoms with Crippen molar-refractivity contribution in [2.75, 3.05) is 0 Å². The highest BCUT2D eigenvalue weighted by molar-refractivity contribution is 5.77. The highest BCUT2D eigenvalue weighted by Gasteiger charge is 2.38. The normalized spacial score (nSPS) is 24.8. The maximum Gasteiger partial charge on any atom is 0.348 e. The minimum Gasteiger partial charge on any atom is -0.480 e. The minimum atomic E-state index is -1.01. The molecule has 0 saturated heterocycles. The smallest absolute Gasteiger partial charge is 0.348 e. The number of carboxylic acid groups (broad SMARTS) is 1. The van der Waals surface area contributed by atoms with Gasteiger partial charge in [-0.3, -0.25) is 0 Å². The van der Waals surface area contributed by atoms with Gasteiger partial charge in [-0.05, 0) is 19.4 Å². The number of carboxylic acids is 1. The summed E-state index contributed by atoms with van der Waals surface area (Å²) in [6.45, 7) is 3.80. The van der Waals surface area contributed by atoms with E-state index in [2.05, 4.69) is 6.92 Å². The van der Waals surface area contributed by atoms with Crippen molar-refractivity contribution >= 4 is 5.97 Å². The van der Waals surface area contributed by atoms with Crippen LogP contribution in [0.4, 0.5) is 0 Å². The van der Waals surface area contributed by atoms with E-state index >= 15 is 0 Å². The standard InChI is InChI=1S/C12H20O3/c1-3-4-5-6-7-10-8-9-12(2,15-10)11(13)14/h8H,3-7,9H2,1-2H3,(H,13,14). The van der Waals surface area contributed by atoms with Gasteiger partial charge in [0.25, 0.3) is 0 Å². The summed E-state index contributed by atoms with van der Waals surface area (Å²) in [6.07, 6.45) is 8.03. The quantitative estimate of drug-likeness (QED) is 0.688. The van der Waals surface area contributed by atoms with Gasteiger partial charge in [0.15, 0.2) is 0 Å². The van der Waals surface area contributed by atoms with Crippen LogP contribution < -0.4 is 0 Å². The molecule has 0 aromatic heterocycles. The maximum absolute atomic E-state index is 10.9. The van der Waals surface area contributed by atoms with Gasteiger partial charge in [0.2, 0.25) is 5.60 Å². The number of ether oxygens (including phenoxy) is 1. The van der Waals surface area contributed by atoms with Gasteiger partial charge in [-0.1, -0.05) is 26.2 Å². The summed E-state index contributed by atoms with van der Waals surface area (Å²) in [5.74, 6) is -0.0155. The van der Waals surface area contributed by atoms with Gasteiger partial charge in [-0.15, -0.1) is 0 Å². The topological polar surface area (TPSA) is 46.5 Å². The zero-order chi connectivity index (χ0) is 11.3. The zero-order valence-corrected chi connectivity index (χ0v) is 9.58. The lowest BCUT2D eigenvalue weighted by Crippen LogP contribution is -2.34. The van der Waals surface area contributed by atoms with Crippen LogP contribution in [0.15, 0.2) is 11.8 Å². The van der Waals surface area contributed by atoms with E-state index in [0.717, 1.165) is 18.6 Å². The van der Waals surface area contributed by atoms with Crippen LogP contribution in [-0.2, 0) is 9.53 Å². The predicted octanol–water partition coefficient (Wildman–Crippen LogP) is 3.10. The summed E-state index contributed by atoms with van der Waals surface area (Å²) in [7, 11) is 0. The van der Waals surface area contributed by atoms with Gasteiger partial charge < -0.3 is 9.84 Å². The Morgan fingerprint density at radius 2 is 2.27 bits per heavy atom. The largest absolute Gasteiger partial charge is 0.480 e. The van der Waals surface area contributed by atoms with Crippen molar-refractivity contribution in [1.82, 2.24) is 0 Å². The van der Waals surface area contributed by atoms with Gasteiger partial charge in [-0.2, -0.15) is 0 Å². The van der Waals surface area contributed by atoms with Gasteiger partial charge >= 0.3 is 5.97 Å². The lowest BCUT2D eigenvalue weighted by molar-refractivity contribution is -0.156. The summed E-state index contributed by atoms with van der Waals surface area (Å²) < 4.78 is 5.45. The molecule has 1 aliphatic heterocycles. The second-order valence-corrected chi connectivity index (χ2v) is 4.32. The summed E-state index contributed by atoms with van der Waals surface area (Å²) >= 11 is 0. The molecule has 0 bridgehead atoms. The second-order valence-electron chi connectivity index (χ2n) is 4.32. The fraction of sp³-hybridized carbons (Fsp3) is 0.750. The van der Waals surface area contributed by atoms with Crippen LogP contribution in [0.25, 0.3) is 0 Å². The molecule has 15 heavy (non-hydrogen) atoms. The first kappa shape index (κ1) is 12.1. The van der Waals surface area contributed by atoms with Crippen molar-refractivity contribution < 1.29 is 14.6 Å². The molecule has 0 radical (unpaired) electrons. The van der Waals surface area contributed by atoms with Gasteiger partial charge in [-0.25, -0.2) is 4.79 Å². The fourth-order valence-corrected chi connectivity index (χ4v) is 1.69. The van der Waals surface area contributed by atoms with Crippen LogP contribution in [0.5, 0.6) is 0 Å². The maximum atomic E-state index is 10.9. The van der Waals surface area contributed by atoms with Crippen LogP contribution in [0.1, 0.15) is 52.4 Å². The lowest BCUT2D eigenvalue weighted by atomic mass is 10.0. The van der Waals surface area contributed by atoms with E-state index in [-0.39, 0.29) is 0 Å². The first-order valence-corrected chi connectivity index (χ1v) is 5.70. The molecule has 1 rings (SSSR count). The third-order valence-electron chi connectivity index (χ3n) is 2.80. The van der Waals surface area contributed by atoms with Crippen LogP contribution >= 0.6 is 0 Å². The summed E-state index contributed by atoms with van der Waals surface area (Å²) in [6, 6.07) is 0. The minimum absolute atomic E-state index is 0.492. The Morgan fingerprint density at radius 1 is 1.53 bits per heavy atom. The van der Waals surface area contributed by atoms with Crippen molar-refractivity contribution in [2.45, 2.75) is 58.0 Å². The third-order valence-corrected chi connectivity index (χ3v) is 2.80. The molecule has 86 valence electrons. The average molecular weight is 212 g/mol. The van der Waals surface area contributed by atoms with Crippen LogP contribution in [0.3, 0.4) is 0 Å². The van der Waals surface area contributed by atoms with Crippen LogP contribution in [-0.4, -0.2) is 16.7 Å². The van der Waals surface area contributed by atoms with E-state index in [1.807, 2.05) is 6.08 Å². The number of hydrogen-bond donors (Lipinski definition) is 1. The number of allylic oxidation sites excluding steroid dienone is 1. The zero-order valence-electron chi connectivity index (χ0n) is 9.58. The highest BCUT2D eigenvalue weighted by atomic mass is 16.5. The first-order chi connectivity index (χ1) is 7.08. The molecule has 3 heteroatoms. The molecule has 0 saturated carbocycles. The average Bonchev–Trinajstić information content (AvgIpc) is 2.57. The number of unbranched alkanes of at least 4 members (excludes halogenated alkanes) is 3. The summed E-state index contributed by atoms with van der Waals surface area (Å²) in [4.78, 5) is 10.9. The lowest BCUT2D eigenvalue weighted by Gasteiger charge is -2.20. The molecule has 0 aliphatic carbocycles. The Bertz CT molecular complexity index is 258. The van der Waals surface area contributed by atoms with E-state index in [1.165, 1.54) is 19.3 Å². The molecule has 1 aliphatic rings. The Morgan fingerprint density at radius 3 is 2.80 bits per heavy atom. The van der Waals surface area contributed by atoms with Crippen molar-refractivity contribution in [3.63, 3.8) is 0 Å². The Balaban J connectivity index is 2.27. The molecule has 1 N–H and O–H groups in total. The van der Waals surface area contributed by atoms with Gasteiger partial charge in [0.05, 0.1) is 5.76 Å². The second kappa shape index (κ2) is 5.19. The molecule has 0 spiro atoms. The van der Waals surface area contributed by atoms with E-state index in [0.29, 0.717) is 6.42 Å². The van der Waals surface area contributed by atoms with Crippen molar-refractivity contribution in [2.24, 2.45) is 0 Å². The summed E-state index contributed by atoms with van der Waals surface area (Å²) in [5.41, 5.74) is -1.01. The molecule has 0 fully saturated rings. The van der Waals surface area contributed by atoms with Crippen LogP contribution in [0.2, 0.25) is 0 Å². The van der Waals surface area contributed by atoms with Crippen LogP contribution in [0, 0.1) is 0 Å². The molecule has 0 aromatic carbocycles. The van der Waals surface area contributed by atoms with Crippen molar-refractivity contribution in [1.29, 1.82) is 0 Å². The molecular formula is C12H20O3. The number of rotatable bonds is 6. The molecule has 1 atom stereocenters. The Hall–Kier alpha value is -0.990. The van der Waals surface area contributed by atoms with E-state index in [4.69, 9.17) is 9.84 Å². The summed E-state index contributed by atoms with van der Waals surface area (Å²) in [5, 5.41) is 8.94. The first-order valence-electron chi connectivity index (χ1n) is 5.70. The SMILES string of the molecule is CCCCCCC1=CCC(C)(C(=O)O)O1. The molecule has 1 unspecified atom stereocenters. The monoisotopic (exact) mass is 212 g/mol. The van der Waals surface area contributed by atoms with Gasteiger partial charge in [0.1, 0.15) is 0 Å². The molecule has 0 aromatic rings. The van der Waals surface area contributed by atoms with E-state index in [1.54, 1.807) is 6.92 Å². The Kier molecular flexibility index (Phi) is 4.18. The van der Waals surface area contributed by atoms with Gasteiger partial charge in [0, 0.05) is 12.8 Å². The third kappa shape index (κ3) is 3.26. The Labute approximate surface area is 91.1 Å². The highest BCUT2D eigenvalue weighted by Crippen LogP contribution is 2.30. The van der Waals surface area contributed by atoms with Crippen molar-refractivity contribution in [3.8, 4) is 0 Å². The van der Waals surface area contributed by atoms with E-state index < -0.39 is 11.6 Å². The van der Waals surface area contributed by atoms with Crippen molar-refractivity contribution in [3.05, 3.63) is 11.8 Å². The molecule has 1 heterocycles. The predicted molar refractivity (Wildman–Crippen MR) is 58.6 cm³/mol. The number of carbonyl (C=O) groups is 1. The molecular weight excluding hydrogens is 192 g/mol. The number of aliphatic carboxylic acids is 1. The number of hydrogen-bond acceptors (Lipinski definition) is 2. The van der Waals surface area contributed by atoms with E-state index in [9.17, 15) is 4.79 Å².